The van der Waals surface area contributed by atoms with Crippen molar-refractivity contribution in [3.8, 4) is 16.9 Å². The minimum Gasteiger partial charge on any atom is -0.493 e. The summed E-state index contributed by atoms with van der Waals surface area (Å²) in [5.74, 6) is 0.764. The summed E-state index contributed by atoms with van der Waals surface area (Å²) >= 11 is 6.06. The Kier molecular flexibility index (Phi) is 6.87. The molecule has 1 aliphatic rings. The first-order valence-corrected chi connectivity index (χ1v) is 11.5. The second-order valence-electron chi connectivity index (χ2n) is 8.02. The molecular weight excluding hydrogens is 424 g/mol. The molecule has 2 heterocycles. The van der Waals surface area contributed by atoms with E-state index in [0.717, 1.165) is 66.0 Å². The molecule has 4 rings (SSSR count). The van der Waals surface area contributed by atoms with Crippen molar-refractivity contribution in [1.29, 1.82) is 0 Å². The fourth-order valence-electron chi connectivity index (χ4n) is 4.13. The lowest BCUT2D eigenvalue weighted by molar-refractivity contribution is -0.127. The number of carbonyl (C=O) groups is 1. The summed E-state index contributed by atoms with van der Waals surface area (Å²) in [4.78, 5) is 17.2. The van der Waals surface area contributed by atoms with Crippen molar-refractivity contribution in [1.82, 2.24) is 9.80 Å². The molecule has 1 saturated heterocycles. The van der Waals surface area contributed by atoms with E-state index in [1.807, 2.05) is 49.1 Å². The number of amides is 1. The first kappa shape index (κ1) is 22.4. The highest BCUT2D eigenvalue weighted by Gasteiger charge is 2.20. The van der Waals surface area contributed by atoms with Gasteiger partial charge in [-0.05, 0) is 49.7 Å². The van der Waals surface area contributed by atoms with Gasteiger partial charge >= 0.3 is 0 Å². The predicted octanol–water partition coefficient (Wildman–Crippen LogP) is 5.72. The highest BCUT2D eigenvalue weighted by molar-refractivity contribution is 6.30. The molecule has 0 unspecified atom stereocenters. The number of piperazine rings is 1. The molecule has 6 heteroatoms. The van der Waals surface area contributed by atoms with E-state index < -0.39 is 0 Å². The molecule has 0 saturated carbocycles. The fraction of sp³-hybridized carbons (Fsp3) is 0.346. The number of hydrogen-bond donors (Lipinski definition) is 0. The number of allylic oxidation sites excluding steroid dienone is 1. The number of furan rings is 1. The molecule has 0 bridgehead atoms. The van der Waals surface area contributed by atoms with Gasteiger partial charge < -0.3 is 19.0 Å². The summed E-state index contributed by atoms with van der Waals surface area (Å²) in [6.45, 7) is 11.0. The number of nitrogens with zero attached hydrogens (tertiary/aromatic N) is 2. The van der Waals surface area contributed by atoms with Crippen LogP contribution in [-0.2, 0) is 4.79 Å². The molecular formula is C26H29ClN2O3. The van der Waals surface area contributed by atoms with Gasteiger partial charge in [0.15, 0.2) is 0 Å². The van der Waals surface area contributed by atoms with Gasteiger partial charge in [0.25, 0.3) is 0 Å². The maximum atomic E-state index is 12.9. The molecule has 0 N–H and O–H groups in total. The fourth-order valence-corrected chi connectivity index (χ4v) is 4.26. The largest absolute Gasteiger partial charge is 0.493 e. The van der Waals surface area contributed by atoms with Crippen LogP contribution in [0.5, 0.6) is 5.75 Å². The van der Waals surface area contributed by atoms with Gasteiger partial charge in [0, 0.05) is 59.9 Å². The van der Waals surface area contributed by atoms with Crippen molar-refractivity contribution >= 4 is 34.1 Å². The molecule has 32 heavy (non-hydrogen) atoms. The van der Waals surface area contributed by atoms with Crippen LogP contribution >= 0.6 is 11.6 Å². The third kappa shape index (κ3) is 4.69. The summed E-state index contributed by atoms with van der Waals surface area (Å²) in [7, 11) is 0. The Bertz CT molecular complexity index is 1130. The maximum Gasteiger partial charge on any atom is 0.246 e. The van der Waals surface area contributed by atoms with Gasteiger partial charge in [-0.15, -0.1) is 0 Å². The summed E-state index contributed by atoms with van der Waals surface area (Å²) in [5, 5.41) is 1.67. The summed E-state index contributed by atoms with van der Waals surface area (Å²) in [5.41, 5.74) is 4.53. The third-order valence-electron chi connectivity index (χ3n) is 6.03. The molecule has 1 aromatic heterocycles. The molecule has 0 aliphatic carbocycles. The van der Waals surface area contributed by atoms with Crippen LogP contribution in [0.15, 0.2) is 53.2 Å². The lowest BCUT2D eigenvalue weighted by Gasteiger charge is -2.33. The predicted molar refractivity (Wildman–Crippen MR) is 130 cm³/mol. The van der Waals surface area contributed by atoms with Crippen LogP contribution in [0.1, 0.15) is 26.3 Å². The van der Waals surface area contributed by atoms with Crippen LogP contribution in [0, 0.1) is 0 Å². The molecule has 0 spiro atoms. The van der Waals surface area contributed by atoms with E-state index >= 15 is 0 Å². The number of benzene rings is 2. The standard InChI is InChI=1S/C26H29ClN2O3/c1-4-28-10-12-29(13-11-28)26(30)14-18(3)21-15-22-23(19-6-8-20(27)9-7-19)17-32-25(22)16-24(21)31-5-2/h6-9,14-17H,4-5,10-13H2,1-3H3/b18-14+. The maximum absolute atomic E-state index is 12.9. The van der Waals surface area contributed by atoms with E-state index in [9.17, 15) is 4.79 Å². The third-order valence-corrected chi connectivity index (χ3v) is 6.28. The van der Waals surface area contributed by atoms with Crippen LogP contribution in [-0.4, -0.2) is 55.0 Å². The van der Waals surface area contributed by atoms with E-state index in [0.29, 0.717) is 17.4 Å². The van der Waals surface area contributed by atoms with Gasteiger partial charge in [0.05, 0.1) is 12.9 Å². The van der Waals surface area contributed by atoms with Crippen LogP contribution in [0.25, 0.3) is 27.7 Å². The van der Waals surface area contributed by atoms with Gasteiger partial charge in [0.1, 0.15) is 11.3 Å². The molecule has 5 nitrogen and oxygen atoms in total. The van der Waals surface area contributed by atoms with Gasteiger partial charge in [-0.3, -0.25) is 4.79 Å². The number of hydrogen-bond acceptors (Lipinski definition) is 4. The van der Waals surface area contributed by atoms with E-state index in [1.54, 1.807) is 12.3 Å². The smallest absolute Gasteiger partial charge is 0.246 e. The van der Waals surface area contributed by atoms with Gasteiger partial charge in [0.2, 0.25) is 5.91 Å². The minimum atomic E-state index is 0.0471. The Balaban J connectivity index is 1.68. The minimum absolute atomic E-state index is 0.0471. The molecule has 2 aromatic carbocycles. The van der Waals surface area contributed by atoms with E-state index in [1.165, 1.54) is 0 Å². The molecule has 0 radical (unpaired) electrons. The van der Waals surface area contributed by atoms with Crippen molar-refractivity contribution in [3.63, 3.8) is 0 Å². The summed E-state index contributed by atoms with van der Waals surface area (Å²) in [6.07, 6.45) is 3.48. The Labute approximate surface area is 194 Å². The quantitative estimate of drug-likeness (QED) is 0.449. The van der Waals surface area contributed by atoms with Crippen molar-refractivity contribution in [2.75, 3.05) is 39.3 Å². The monoisotopic (exact) mass is 452 g/mol. The average molecular weight is 453 g/mol. The summed E-state index contributed by atoms with van der Waals surface area (Å²) < 4.78 is 11.7. The topological polar surface area (TPSA) is 45.9 Å². The first-order chi connectivity index (χ1) is 15.5. The number of fused-ring (bicyclic) bond motifs is 1. The molecule has 0 atom stereocenters. The molecule has 1 amide bonds. The van der Waals surface area contributed by atoms with E-state index in [-0.39, 0.29) is 5.91 Å². The van der Waals surface area contributed by atoms with E-state index in [4.69, 9.17) is 20.8 Å². The Morgan fingerprint density at radius 2 is 1.84 bits per heavy atom. The zero-order valence-electron chi connectivity index (χ0n) is 18.9. The van der Waals surface area contributed by atoms with Crippen molar-refractivity contribution in [2.24, 2.45) is 0 Å². The lowest BCUT2D eigenvalue weighted by Crippen LogP contribution is -2.48. The Morgan fingerprint density at radius 3 is 2.50 bits per heavy atom. The van der Waals surface area contributed by atoms with Crippen molar-refractivity contribution in [3.05, 3.63) is 59.3 Å². The zero-order chi connectivity index (χ0) is 22.7. The SMILES string of the molecule is CCOc1cc2occ(-c3ccc(Cl)cc3)c2cc1/C(C)=C/C(=O)N1CCN(CC)CC1. The average Bonchev–Trinajstić information content (AvgIpc) is 3.22. The van der Waals surface area contributed by atoms with Gasteiger partial charge in [-0.2, -0.15) is 0 Å². The highest BCUT2D eigenvalue weighted by atomic mass is 35.5. The Morgan fingerprint density at radius 1 is 1.12 bits per heavy atom. The number of carbonyl (C=O) groups excluding carboxylic acids is 1. The summed E-state index contributed by atoms with van der Waals surface area (Å²) in [6, 6.07) is 11.7. The molecule has 168 valence electrons. The van der Waals surface area contributed by atoms with Crippen LogP contribution < -0.4 is 4.74 Å². The molecule has 1 aliphatic heterocycles. The Hall–Kier alpha value is -2.76. The number of rotatable bonds is 6. The first-order valence-electron chi connectivity index (χ1n) is 11.1. The van der Waals surface area contributed by atoms with Gasteiger partial charge in [-0.25, -0.2) is 0 Å². The molecule has 3 aromatic rings. The highest BCUT2D eigenvalue weighted by Crippen LogP contribution is 2.37. The zero-order valence-corrected chi connectivity index (χ0v) is 19.6. The van der Waals surface area contributed by atoms with E-state index in [2.05, 4.69) is 17.9 Å². The van der Waals surface area contributed by atoms with Crippen LogP contribution in [0.4, 0.5) is 0 Å². The van der Waals surface area contributed by atoms with Crippen molar-refractivity contribution < 1.29 is 13.9 Å². The molecule has 1 fully saturated rings. The van der Waals surface area contributed by atoms with Crippen LogP contribution in [0.2, 0.25) is 5.02 Å². The number of halogens is 1. The number of ether oxygens (including phenoxy) is 1. The van der Waals surface area contributed by atoms with Crippen LogP contribution in [0.3, 0.4) is 0 Å². The second-order valence-corrected chi connectivity index (χ2v) is 8.46. The second kappa shape index (κ2) is 9.80. The van der Waals surface area contributed by atoms with Crippen molar-refractivity contribution in [2.45, 2.75) is 20.8 Å². The normalized spacial score (nSPS) is 15.4. The number of likely N-dealkylation sites (N-methyl/N-ethyl adjacent to an activating group) is 1. The lowest BCUT2D eigenvalue weighted by atomic mass is 9.99. The van der Waals surface area contributed by atoms with Gasteiger partial charge in [-0.1, -0.05) is 30.7 Å².